The van der Waals surface area contributed by atoms with Crippen molar-refractivity contribution in [1.29, 1.82) is 0 Å². The lowest BCUT2D eigenvalue weighted by atomic mass is 10.1. The molecule has 0 spiro atoms. The topological polar surface area (TPSA) is 49.8 Å². The van der Waals surface area contributed by atoms with Crippen molar-refractivity contribution < 1.29 is 27.8 Å². The normalized spacial score (nSPS) is 19.1. The fourth-order valence-electron chi connectivity index (χ4n) is 1.28. The third-order valence-corrected chi connectivity index (χ3v) is 2.08. The largest absolute Gasteiger partial charge is 0.440 e. The molecule has 0 atom stereocenters. The number of carbonyl (C=O) groups excluding carboxylic acids is 1. The predicted molar refractivity (Wildman–Crippen MR) is 44.2 cm³/mol. The number of nitrogens with zero attached hydrogens (tertiary/aromatic N) is 1. The highest BCUT2D eigenvalue weighted by Gasteiger charge is 2.31. The van der Waals surface area contributed by atoms with Gasteiger partial charge in [-0.25, -0.2) is 4.79 Å². The third-order valence-electron chi connectivity index (χ3n) is 2.08. The first kappa shape index (κ1) is 12.1. The fourth-order valence-corrected chi connectivity index (χ4v) is 1.28. The lowest BCUT2D eigenvalue weighted by Crippen LogP contribution is -2.41. The first-order valence-corrected chi connectivity index (χ1v) is 4.55. The summed E-state index contributed by atoms with van der Waals surface area (Å²) in [7, 11) is 0. The maximum absolute atomic E-state index is 11.7. The van der Waals surface area contributed by atoms with Gasteiger partial charge in [0.05, 0.1) is 6.10 Å². The highest BCUT2D eigenvalue weighted by atomic mass is 19.4. The summed E-state index contributed by atoms with van der Waals surface area (Å²) >= 11 is 0. The monoisotopic (exact) mass is 227 g/mol. The number of hydrogen-bond donors (Lipinski definition) is 1. The molecule has 1 amide bonds. The second-order valence-electron chi connectivity index (χ2n) is 3.39. The van der Waals surface area contributed by atoms with Crippen LogP contribution in [0.4, 0.5) is 18.0 Å². The van der Waals surface area contributed by atoms with E-state index in [4.69, 9.17) is 5.11 Å². The number of halogens is 3. The number of amides is 1. The summed E-state index contributed by atoms with van der Waals surface area (Å²) in [6, 6.07) is 0. The molecule has 1 N–H and O–H groups in total. The second-order valence-corrected chi connectivity index (χ2v) is 3.39. The van der Waals surface area contributed by atoms with Crippen LogP contribution in [0.25, 0.3) is 0 Å². The van der Waals surface area contributed by atoms with Crippen LogP contribution in [0.15, 0.2) is 0 Å². The zero-order valence-electron chi connectivity index (χ0n) is 7.96. The van der Waals surface area contributed by atoms with E-state index < -0.39 is 25.0 Å². The van der Waals surface area contributed by atoms with Gasteiger partial charge in [-0.2, -0.15) is 13.2 Å². The Morgan fingerprint density at radius 2 is 1.93 bits per heavy atom. The number of hydrogen-bond acceptors (Lipinski definition) is 3. The van der Waals surface area contributed by atoms with Gasteiger partial charge in [0.1, 0.15) is 0 Å². The zero-order valence-corrected chi connectivity index (χ0v) is 7.96. The SMILES string of the molecule is O=C(OCC(F)(F)F)N1CCC(O)CC1. The van der Waals surface area contributed by atoms with Crippen LogP contribution >= 0.6 is 0 Å². The molecule has 0 aliphatic carbocycles. The minimum absolute atomic E-state index is 0.234. The summed E-state index contributed by atoms with van der Waals surface area (Å²) in [5.74, 6) is 0. The van der Waals surface area contributed by atoms with Gasteiger partial charge in [-0.3, -0.25) is 0 Å². The average molecular weight is 227 g/mol. The van der Waals surface area contributed by atoms with Crippen molar-refractivity contribution in [3.8, 4) is 0 Å². The Morgan fingerprint density at radius 3 is 2.40 bits per heavy atom. The van der Waals surface area contributed by atoms with Crippen molar-refractivity contribution in [2.45, 2.75) is 25.1 Å². The number of rotatable bonds is 1. The lowest BCUT2D eigenvalue weighted by Gasteiger charge is -2.28. The molecule has 88 valence electrons. The molecule has 0 aromatic rings. The molecule has 0 saturated carbocycles. The predicted octanol–water partition coefficient (Wildman–Crippen LogP) is 1.14. The van der Waals surface area contributed by atoms with E-state index in [1.165, 1.54) is 4.90 Å². The molecule has 1 saturated heterocycles. The van der Waals surface area contributed by atoms with Crippen LogP contribution in [0.5, 0.6) is 0 Å². The van der Waals surface area contributed by atoms with Gasteiger partial charge in [0.15, 0.2) is 6.61 Å². The Bertz CT molecular complexity index is 224. The Kier molecular flexibility index (Phi) is 3.78. The van der Waals surface area contributed by atoms with Crippen LogP contribution in [0.3, 0.4) is 0 Å². The van der Waals surface area contributed by atoms with E-state index in [9.17, 15) is 18.0 Å². The number of alkyl halides is 3. The van der Waals surface area contributed by atoms with E-state index in [0.29, 0.717) is 12.8 Å². The van der Waals surface area contributed by atoms with E-state index in [1.807, 2.05) is 0 Å². The van der Waals surface area contributed by atoms with Crippen molar-refractivity contribution in [2.24, 2.45) is 0 Å². The number of likely N-dealkylation sites (tertiary alicyclic amines) is 1. The van der Waals surface area contributed by atoms with Gasteiger partial charge >= 0.3 is 12.3 Å². The summed E-state index contributed by atoms with van der Waals surface area (Å²) in [6.45, 7) is -1.10. The smallest absolute Gasteiger partial charge is 0.422 e. The molecule has 0 unspecified atom stereocenters. The van der Waals surface area contributed by atoms with Crippen LogP contribution < -0.4 is 0 Å². The van der Waals surface area contributed by atoms with Crippen LogP contribution in [-0.2, 0) is 4.74 Å². The summed E-state index contributed by atoms with van der Waals surface area (Å²) in [5.41, 5.74) is 0. The molecular weight excluding hydrogens is 215 g/mol. The first-order valence-electron chi connectivity index (χ1n) is 4.55. The maximum Gasteiger partial charge on any atom is 0.422 e. The fraction of sp³-hybridized carbons (Fsp3) is 0.875. The zero-order chi connectivity index (χ0) is 11.5. The number of aliphatic hydroxyl groups excluding tert-OH is 1. The Balaban J connectivity index is 2.29. The quantitative estimate of drug-likeness (QED) is 0.730. The van der Waals surface area contributed by atoms with Gasteiger partial charge in [-0.15, -0.1) is 0 Å². The molecule has 7 heteroatoms. The van der Waals surface area contributed by atoms with Crippen LogP contribution in [0, 0.1) is 0 Å². The molecule has 15 heavy (non-hydrogen) atoms. The third kappa shape index (κ3) is 4.37. The van der Waals surface area contributed by atoms with E-state index >= 15 is 0 Å². The highest BCUT2D eigenvalue weighted by Crippen LogP contribution is 2.16. The number of aliphatic hydroxyl groups is 1. The molecule has 1 rings (SSSR count). The van der Waals surface area contributed by atoms with Gasteiger partial charge in [0.25, 0.3) is 0 Å². The van der Waals surface area contributed by atoms with Gasteiger partial charge in [0.2, 0.25) is 0 Å². The molecule has 4 nitrogen and oxygen atoms in total. The standard InChI is InChI=1S/C8H12F3NO3/c9-8(10,11)5-15-7(14)12-3-1-6(13)2-4-12/h6,13H,1-5H2. The van der Waals surface area contributed by atoms with Crippen molar-refractivity contribution in [1.82, 2.24) is 4.90 Å². The van der Waals surface area contributed by atoms with Gasteiger partial charge in [-0.1, -0.05) is 0 Å². The molecule has 0 aromatic heterocycles. The Morgan fingerprint density at radius 1 is 1.40 bits per heavy atom. The van der Waals surface area contributed by atoms with E-state index in [2.05, 4.69) is 4.74 Å². The van der Waals surface area contributed by atoms with Crippen molar-refractivity contribution in [3.63, 3.8) is 0 Å². The lowest BCUT2D eigenvalue weighted by molar-refractivity contribution is -0.162. The minimum Gasteiger partial charge on any atom is -0.440 e. The molecule has 1 aliphatic rings. The van der Waals surface area contributed by atoms with Crippen LogP contribution in [0.2, 0.25) is 0 Å². The first-order chi connectivity index (χ1) is 6.88. The van der Waals surface area contributed by atoms with Gasteiger partial charge in [0, 0.05) is 13.1 Å². The molecule has 0 bridgehead atoms. The van der Waals surface area contributed by atoms with Crippen molar-refractivity contribution in [2.75, 3.05) is 19.7 Å². The molecular formula is C8H12F3NO3. The number of carbonyl (C=O) groups is 1. The summed E-state index contributed by atoms with van der Waals surface area (Å²) in [4.78, 5) is 12.2. The van der Waals surface area contributed by atoms with Crippen LogP contribution in [-0.4, -0.2) is 48.1 Å². The van der Waals surface area contributed by atoms with Gasteiger partial charge in [-0.05, 0) is 12.8 Å². The Labute approximate surface area is 84.6 Å². The number of ether oxygens (including phenoxy) is 1. The summed E-state index contributed by atoms with van der Waals surface area (Å²) in [5, 5.41) is 9.11. The molecule has 1 fully saturated rings. The summed E-state index contributed by atoms with van der Waals surface area (Å²) in [6.07, 6.45) is -5.19. The van der Waals surface area contributed by atoms with E-state index in [-0.39, 0.29) is 13.1 Å². The van der Waals surface area contributed by atoms with Crippen molar-refractivity contribution >= 4 is 6.09 Å². The Hall–Kier alpha value is -0.980. The maximum atomic E-state index is 11.7. The number of piperidine rings is 1. The minimum atomic E-state index is -4.50. The highest BCUT2D eigenvalue weighted by molar-refractivity contribution is 5.67. The van der Waals surface area contributed by atoms with Gasteiger partial charge < -0.3 is 14.7 Å². The van der Waals surface area contributed by atoms with E-state index in [1.54, 1.807) is 0 Å². The average Bonchev–Trinajstić information content (AvgIpc) is 2.14. The second kappa shape index (κ2) is 4.69. The molecule has 0 aromatic carbocycles. The molecule has 1 aliphatic heterocycles. The van der Waals surface area contributed by atoms with Crippen LogP contribution in [0.1, 0.15) is 12.8 Å². The molecule has 1 heterocycles. The van der Waals surface area contributed by atoms with Crippen molar-refractivity contribution in [3.05, 3.63) is 0 Å². The summed E-state index contributed by atoms with van der Waals surface area (Å²) < 4.78 is 39.2. The molecule has 0 radical (unpaired) electrons. The van der Waals surface area contributed by atoms with E-state index in [0.717, 1.165) is 0 Å².